The molecule has 0 aromatic heterocycles. The molecule has 0 unspecified atom stereocenters. The molecule has 0 saturated heterocycles. The molecule has 71 valence electrons. The average molecular weight is 240 g/mol. The van der Waals surface area contributed by atoms with E-state index in [2.05, 4.69) is 61.8 Å². The first kappa shape index (κ1) is 10.8. The van der Waals surface area contributed by atoms with Crippen LogP contribution >= 0.6 is 15.9 Å². The molecule has 0 heterocycles. The van der Waals surface area contributed by atoms with Crippen molar-refractivity contribution in [3.63, 3.8) is 0 Å². The summed E-state index contributed by atoms with van der Waals surface area (Å²) in [7, 11) is 0. The Balaban J connectivity index is 3.19. The molecule has 1 aromatic rings. The van der Waals surface area contributed by atoms with Crippen molar-refractivity contribution in [2.45, 2.75) is 33.6 Å². The minimum absolute atomic E-state index is 0.595. The lowest BCUT2D eigenvalue weighted by atomic mass is 9.91. The van der Waals surface area contributed by atoms with Gasteiger partial charge < -0.3 is 0 Å². The zero-order valence-electron chi connectivity index (χ0n) is 8.69. The maximum atomic E-state index is 3.50. The first-order valence-corrected chi connectivity index (χ1v) is 5.41. The average Bonchev–Trinajstić information content (AvgIpc) is 2.03. The van der Waals surface area contributed by atoms with Crippen molar-refractivity contribution < 1.29 is 0 Å². The van der Waals surface area contributed by atoms with Crippen LogP contribution in [-0.4, -0.2) is 0 Å². The first-order valence-electron chi connectivity index (χ1n) is 4.62. The number of rotatable bonds is 2. The van der Waals surface area contributed by atoms with Crippen LogP contribution < -0.4 is 0 Å². The van der Waals surface area contributed by atoms with Crippen molar-refractivity contribution >= 4 is 15.9 Å². The first-order chi connectivity index (χ1) is 6.02. The third-order valence-corrected chi connectivity index (χ3v) is 2.67. The van der Waals surface area contributed by atoms with Crippen LogP contribution in [0.5, 0.6) is 0 Å². The molecule has 0 saturated carbocycles. The third-order valence-electron chi connectivity index (χ3n) is 2.18. The van der Waals surface area contributed by atoms with E-state index in [1.165, 1.54) is 17.0 Å². The molecule has 13 heavy (non-hydrogen) atoms. The van der Waals surface area contributed by atoms with Crippen molar-refractivity contribution in [1.29, 1.82) is 0 Å². The predicted molar refractivity (Wildman–Crippen MR) is 61.9 cm³/mol. The summed E-state index contributed by atoms with van der Waals surface area (Å²) in [5, 5.41) is 0. The molecule has 0 N–H and O–H groups in total. The Hall–Kier alpha value is -0.300. The van der Waals surface area contributed by atoms with E-state index in [4.69, 9.17) is 0 Å². The Bertz CT molecular complexity index is 287. The molecule has 0 aliphatic carbocycles. The molecular formula is C12H16Br. The minimum atomic E-state index is 0.595. The van der Waals surface area contributed by atoms with E-state index >= 15 is 0 Å². The van der Waals surface area contributed by atoms with Gasteiger partial charge in [0.25, 0.3) is 0 Å². The van der Waals surface area contributed by atoms with Gasteiger partial charge in [0.1, 0.15) is 0 Å². The van der Waals surface area contributed by atoms with Crippen molar-refractivity contribution in [1.82, 2.24) is 0 Å². The van der Waals surface area contributed by atoms with E-state index in [1.54, 1.807) is 0 Å². The highest BCUT2D eigenvalue weighted by atomic mass is 79.9. The Morgan fingerprint density at radius 1 is 1.23 bits per heavy atom. The van der Waals surface area contributed by atoms with Crippen LogP contribution in [0.1, 0.15) is 44.7 Å². The summed E-state index contributed by atoms with van der Waals surface area (Å²) in [6.45, 7) is 8.78. The van der Waals surface area contributed by atoms with Crippen molar-refractivity contribution in [2.75, 3.05) is 0 Å². The van der Waals surface area contributed by atoms with Gasteiger partial charge in [0.05, 0.1) is 0 Å². The Kier molecular flexibility index (Phi) is 3.55. The summed E-state index contributed by atoms with van der Waals surface area (Å²) < 4.78 is 1.16. The molecule has 0 nitrogen and oxygen atoms in total. The molecule has 0 aliphatic heterocycles. The maximum Gasteiger partial charge on any atom is 0.0178 e. The Morgan fingerprint density at radius 2 is 1.85 bits per heavy atom. The summed E-state index contributed by atoms with van der Waals surface area (Å²) in [5.74, 6) is 1.98. The van der Waals surface area contributed by atoms with Gasteiger partial charge in [-0.25, -0.2) is 0 Å². The van der Waals surface area contributed by atoms with Gasteiger partial charge >= 0.3 is 0 Å². The second-order valence-electron chi connectivity index (χ2n) is 3.89. The zero-order chi connectivity index (χ0) is 10.0. The van der Waals surface area contributed by atoms with Gasteiger partial charge in [0.2, 0.25) is 0 Å². The number of hydrogen-bond acceptors (Lipinski definition) is 0. The summed E-state index contributed by atoms with van der Waals surface area (Å²) in [5.41, 5.74) is 2.81. The predicted octanol–water partition coefficient (Wildman–Crippen LogP) is 4.53. The molecule has 0 fully saturated rings. The molecule has 0 bridgehead atoms. The molecule has 1 radical (unpaired) electrons. The second-order valence-corrected chi connectivity index (χ2v) is 4.80. The lowest BCUT2D eigenvalue weighted by molar-refractivity contribution is 0.848. The lowest BCUT2D eigenvalue weighted by Crippen LogP contribution is -1.98. The van der Waals surface area contributed by atoms with Crippen LogP contribution in [-0.2, 0) is 0 Å². The van der Waals surface area contributed by atoms with Crippen molar-refractivity contribution in [3.8, 4) is 0 Å². The molecule has 1 aromatic carbocycles. The Labute approximate surface area is 89.5 Å². The number of hydrogen-bond donors (Lipinski definition) is 0. The Morgan fingerprint density at radius 3 is 2.31 bits per heavy atom. The normalized spacial score (nSPS) is 11.3. The largest absolute Gasteiger partial charge is 0.0587 e. The molecular weight excluding hydrogens is 224 g/mol. The number of benzene rings is 1. The highest BCUT2D eigenvalue weighted by Gasteiger charge is 2.09. The van der Waals surface area contributed by atoms with Crippen LogP contribution in [0.15, 0.2) is 22.7 Å². The standard InChI is InChI=1S/C12H16Br/c1-8(2)11-6-5-10(13)7-12(11)9(3)4/h5-8H,1-4H3. The summed E-state index contributed by atoms with van der Waals surface area (Å²) in [6.07, 6.45) is 0. The van der Waals surface area contributed by atoms with E-state index in [-0.39, 0.29) is 0 Å². The van der Waals surface area contributed by atoms with Crippen LogP contribution in [0.4, 0.5) is 0 Å². The van der Waals surface area contributed by atoms with E-state index in [0.717, 1.165) is 4.47 Å². The van der Waals surface area contributed by atoms with E-state index in [1.807, 2.05) is 0 Å². The lowest BCUT2D eigenvalue weighted by Gasteiger charge is -2.15. The fourth-order valence-corrected chi connectivity index (χ4v) is 1.83. The SMILES string of the molecule is C[C](C)c1cc(Br)ccc1C(C)C. The van der Waals surface area contributed by atoms with Gasteiger partial charge in [-0.1, -0.05) is 49.7 Å². The molecule has 0 aliphatic rings. The highest BCUT2D eigenvalue weighted by Crippen LogP contribution is 2.28. The third kappa shape index (κ3) is 2.57. The van der Waals surface area contributed by atoms with E-state index in [0.29, 0.717) is 5.92 Å². The summed E-state index contributed by atoms with van der Waals surface area (Å²) in [6, 6.07) is 6.52. The highest BCUT2D eigenvalue weighted by molar-refractivity contribution is 9.10. The molecule has 0 atom stereocenters. The quantitative estimate of drug-likeness (QED) is 0.712. The zero-order valence-corrected chi connectivity index (χ0v) is 10.3. The maximum absolute atomic E-state index is 3.50. The van der Waals surface area contributed by atoms with Crippen molar-refractivity contribution in [2.24, 2.45) is 0 Å². The van der Waals surface area contributed by atoms with Gasteiger partial charge in [0.15, 0.2) is 0 Å². The summed E-state index contributed by atoms with van der Waals surface area (Å²) >= 11 is 3.50. The van der Waals surface area contributed by atoms with Gasteiger partial charge in [-0.15, -0.1) is 0 Å². The molecule has 1 heteroatoms. The second kappa shape index (κ2) is 4.28. The fraction of sp³-hybridized carbons (Fsp3) is 0.417. The van der Waals surface area contributed by atoms with Gasteiger partial charge in [-0.05, 0) is 35.1 Å². The van der Waals surface area contributed by atoms with Crippen LogP contribution in [0, 0.1) is 5.92 Å². The van der Waals surface area contributed by atoms with Gasteiger partial charge in [0, 0.05) is 4.47 Å². The molecule has 1 rings (SSSR count). The number of halogens is 1. The smallest absolute Gasteiger partial charge is 0.0178 e. The molecule has 0 amide bonds. The molecule has 0 spiro atoms. The minimum Gasteiger partial charge on any atom is -0.0587 e. The van der Waals surface area contributed by atoms with E-state index in [9.17, 15) is 0 Å². The topological polar surface area (TPSA) is 0 Å². The fourth-order valence-electron chi connectivity index (χ4n) is 1.46. The van der Waals surface area contributed by atoms with Crippen molar-refractivity contribution in [3.05, 3.63) is 39.7 Å². The van der Waals surface area contributed by atoms with E-state index < -0.39 is 0 Å². The van der Waals surface area contributed by atoms with Crippen LogP contribution in [0.25, 0.3) is 0 Å². The monoisotopic (exact) mass is 239 g/mol. The van der Waals surface area contributed by atoms with Crippen LogP contribution in [0.3, 0.4) is 0 Å². The van der Waals surface area contributed by atoms with Gasteiger partial charge in [-0.3, -0.25) is 0 Å². The van der Waals surface area contributed by atoms with Crippen LogP contribution in [0.2, 0.25) is 0 Å². The summed E-state index contributed by atoms with van der Waals surface area (Å²) in [4.78, 5) is 0. The van der Waals surface area contributed by atoms with Gasteiger partial charge in [-0.2, -0.15) is 0 Å².